The summed E-state index contributed by atoms with van der Waals surface area (Å²) < 4.78 is 11.2. The first-order chi connectivity index (χ1) is 15.2. The number of thiophene rings is 1. The van der Waals surface area contributed by atoms with Gasteiger partial charge in [-0.25, -0.2) is 0 Å². The van der Waals surface area contributed by atoms with Crippen LogP contribution in [0.25, 0.3) is 0 Å². The lowest BCUT2D eigenvalue weighted by atomic mass is 10.0. The van der Waals surface area contributed by atoms with Crippen molar-refractivity contribution in [3.05, 3.63) is 70.9 Å². The van der Waals surface area contributed by atoms with E-state index in [2.05, 4.69) is 5.32 Å². The van der Waals surface area contributed by atoms with E-state index in [-0.39, 0.29) is 11.8 Å². The number of piperidine rings is 1. The minimum absolute atomic E-state index is 0.0737. The zero-order valence-electron chi connectivity index (χ0n) is 17.2. The maximum absolute atomic E-state index is 13.0. The molecule has 1 unspecified atom stereocenters. The topological polar surface area (TPSA) is 67.9 Å². The van der Waals surface area contributed by atoms with E-state index in [0.717, 1.165) is 12.8 Å². The van der Waals surface area contributed by atoms with E-state index in [1.807, 2.05) is 35.7 Å². The number of benzene rings is 2. The number of rotatable bonds is 6. The molecule has 1 saturated heterocycles. The number of carbonyl (C=O) groups excluding carboxylic acids is 2. The Labute approximate surface area is 185 Å². The van der Waals surface area contributed by atoms with E-state index in [9.17, 15) is 9.59 Å². The highest BCUT2D eigenvalue weighted by molar-refractivity contribution is 7.12. The molecule has 0 bridgehead atoms. The molecule has 7 heteroatoms. The first-order valence-corrected chi connectivity index (χ1v) is 11.1. The van der Waals surface area contributed by atoms with Gasteiger partial charge in [-0.05, 0) is 67.1 Å². The zero-order valence-corrected chi connectivity index (χ0v) is 18.1. The van der Waals surface area contributed by atoms with Crippen molar-refractivity contribution in [1.82, 2.24) is 4.90 Å². The van der Waals surface area contributed by atoms with Crippen LogP contribution in [0.3, 0.4) is 0 Å². The Morgan fingerprint density at radius 3 is 2.48 bits per heavy atom. The fourth-order valence-electron chi connectivity index (χ4n) is 3.65. The minimum Gasteiger partial charge on any atom is -0.493 e. The molecule has 31 heavy (non-hydrogen) atoms. The van der Waals surface area contributed by atoms with Gasteiger partial charge in [0.25, 0.3) is 5.91 Å². The summed E-state index contributed by atoms with van der Waals surface area (Å²) >= 11 is 1.40. The molecule has 0 saturated carbocycles. The molecule has 1 fully saturated rings. The van der Waals surface area contributed by atoms with Crippen LogP contribution in [0, 0.1) is 0 Å². The van der Waals surface area contributed by atoms with Crippen molar-refractivity contribution in [3.63, 3.8) is 0 Å². The SMILES string of the molecule is COc1ccccc1Oc1ccc(NC(=O)C2CCCCN2C(=O)c2cccs2)cc1. The highest BCUT2D eigenvalue weighted by Crippen LogP contribution is 2.31. The highest BCUT2D eigenvalue weighted by Gasteiger charge is 2.33. The van der Waals surface area contributed by atoms with Gasteiger partial charge in [-0.1, -0.05) is 18.2 Å². The van der Waals surface area contributed by atoms with Crippen LogP contribution in [0.1, 0.15) is 28.9 Å². The molecule has 2 heterocycles. The molecule has 3 aromatic rings. The van der Waals surface area contributed by atoms with Gasteiger partial charge in [0.15, 0.2) is 11.5 Å². The van der Waals surface area contributed by atoms with Gasteiger partial charge in [0.1, 0.15) is 11.8 Å². The van der Waals surface area contributed by atoms with Crippen LogP contribution in [0.5, 0.6) is 17.2 Å². The fraction of sp³-hybridized carbons (Fsp3) is 0.250. The second kappa shape index (κ2) is 9.66. The largest absolute Gasteiger partial charge is 0.493 e. The third kappa shape index (κ3) is 4.88. The van der Waals surface area contributed by atoms with Crippen molar-refractivity contribution in [2.75, 3.05) is 19.0 Å². The number of methoxy groups -OCH3 is 1. The molecule has 6 nitrogen and oxygen atoms in total. The number of anilines is 1. The van der Waals surface area contributed by atoms with Gasteiger partial charge in [0.05, 0.1) is 12.0 Å². The van der Waals surface area contributed by atoms with Crippen LogP contribution in [-0.2, 0) is 4.79 Å². The lowest BCUT2D eigenvalue weighted by Gasteiger charge is -2.34. The molecule has 4 rings (SSSR count). The Morgan fingerprint density at radius 1 is 1.00 bits per heavy atom. The van der Waals surface area contributed by atoms with Crippen LogP contribution >= 0.6 is 11.3 Å². The molecule has 1 aliphatic heterocycles. The summed E-state index contributed by atoms with van der Waals surface area (Å²) in [5, 5.41) is 4.82. The number of hydrogen-bond acceptors (Lipinski definition) is 5. The number of amides is 2. The molecule has 0 radical (unpaired) electrons. The number of likely N-dealkylation sites (tertiary alicyclic amines) is 1. The summed E-state index contributed by atoms with van der Waals surface area (Å²) in [4.78, 5) is 28.2. The molecule has 1 N–H and O–H groups in total. The molecule has 1 aliphatic rings. The van der Waals surface area contributed by atoms with Gasteiger partial charge >= 0.3 is 0 Å². The Kier molecular flexibility index (Phi) is 6.52. The lowest BCUT2D eigenvalue weighted by molar-refractivity contribution is -0.121. The monoisotopic (exact) mass is 436 g/mol. The predicted molar refractivity (Wildman–Crippen MR) is 121 cm³/mol. The van der Waals surface area contributed by atoms with Gasteiger partial charge in [-0.3, -0.25) is 9.59 Å². The second-order valence-electron chi connectivity index (χ2n) is 7.25. The van der Waals surface area contributed by atoms with Crippen LogP contribution < -0.4 is 14.8 Å². The highest BCUT2D eigenvalue weighted by atomic mass is 32.1. The second-order valence-corrected chi connectivity index (χ2v) is 8.20. The maximum atomic E-state index is 13.0. The van der Waals surface area contributed by atoms with Crippen molar-refractivity contribution >= 4 is 28.8 Å². The molecular weight excluding hydrogens is 412 g/mol. The maximum Gasteiger partial charge on any atom is 0.264 e. The molecule has 1 aromatic heterocycles. The van der Waals surface area contributed by atoms with E-state index in [1.165, 1.54) is 11.3 Å². The first-order valence-electron chi connectivity index (χ1n) is 10.2. The van der Waals surface area contributed by atoms with E-state index in [1.54, 1.807) is 42.3 Å². The first kappa shape index (κ1) is 20.9. The summed E-state index contributed by atoms with van der Waals surface area (Å²) in [7, 11) is 1.60. The lowest BCUT2D eigenvalue weighted by Crippen LogP contribution is -2.49. The number of carbonyl (C=O) groups is 2. The van der Waals surface area contributed by atoms with E-state index in [4.69, 9.17) is 9.47 Å². The molecule has 2 aromatic carbocycles. The van der Waals surface area contributed by atoms with Crippen LogP contribution in [0.2, 0.25) is 0 Å². The third-order valence-electron chi connectivity index (χ3n) is 5.22. The fourth-order valence-corrected chi connectivity index (χ4v) is 4.33. The van der Waals surface area contributed by atoms with Crippen molar-refractivity contribution in [3.8, 4) is 17.2 Å². The van der Waals surface area contributed by atoms with Gasteiger partial charge in [-0.15, -0.1) is 11.3 Å². The van der Waals surface area contributed by atoms with Gasteiger partial charge in [0.2, 0.25) is 5.91 Å². The quantitative estimate of drug-likeness (QED) is 0.578. The Hall–Kier alpha value is -3.32. The Bertz CT molecular complexity index is 1030. The number of ether oxygens (including phenoxy) is 2. The summed E-state index contributed by atoms with van der Waals surface area (Å²) in [6.45, 7) is 0.598. The van der Waals surface area contributed by atoms with Gasteiger partial charge < -0.3 is 19.7 Å². The Balaban J connectivity index is 1.42. The average molecular weight is 437 g/mol. The minimum atomic E-state index is -0.465. The normalized spacial score (nSPS) is 15.9. The van der Waals surface area contributed by atoms with Gasteiger partial charge in [0, 0.05) is 12.2 Å². The smallest absolute Gasteiger partial charge is 0.264 e. The van der Waals surface area contributed by atoms with Crippen LogP contribution in [0.4, 0.5) is 5.69 Å². The Morgan fingerprint density at radius 2 is 1.77 bits per heavy atom. The van der Waals surface area contributed by atoms with Gasteiger partial charge in [-0.2, -0.15) is 0 Å². The zero-order chi connectivity index (χ0) is 21.6. The molecule has 1 atom stereocenters. The van der Waals surface area contributed by atoms with Crippen LogP contribution in [0.15, 0.2) is 66.0 Å². The number of nitrogens with zero attached hydrogens (tertiary/aromatic N) is 1. The van der Waals surface area contributed by atoms with Crippen molar-refractivity contribution in [2.45, 2.75) is 25.3 Å². The molecular formula is C24H24N2O4S. The standard InChI is InChI=1S/C24H24N2O4S/c1-29-20-8-2-3-9-21(20)30-18-13-11-17(12-14-18)25-23(27)19-7-4-5-15-26(19)24(28)22-10-6-16-31-22/h2-3,6,8-14,16,19H,4-5,7,15H2,1H3,(H,25,27). The summed E-state index contributed by atoms with van der Waals surface area (Å²) in [6.07, 6.45) is 2.51. The number of para-hydroxylation sites is 2. The number of nitrogens with one attached hydrogen (secondary N) is 1. The van der Waals surface area contributed by atoms with Crippen molar-refractivity contribution in [2.24, 2.45) is 0 Å². The predicted octanol–water partition coefficient (Wildman–Crippen LogP) is 5.18. The van der Waals surface area contributed by atoms with Crippen LogP contribution in [-0.4, -0.2) is 36.4 Å². The average Bonchev–Trinajstić information content (AvgIpc) is 3.35. The molecule has 0 aliphatic carbocycles. The summed E-state index contributed by atoms with van der Waals surface area (Å²) in [5.41, 5.74) is 0.659. The summed E-state index contributed by atoms with van der Waals surface area (Å²) in [6, 6.07) is 17.8. The van der Waals surface area contributed by atoms with Crippen molar-refractivity contribution < 1.29 is 19.1 Å². The summed E-state index contributed by atoms with van der Waals surface area (Å²) in [5.74, 6) is 1.66. The van der Waals surface area contributed by atoms with E-state index in [0.29, 0.717) is 40.8 Å². The van der Waals surface area contributed by atoms with E-state index >= 15 is 0 Å². The number of hydrogen-bond donors (Lipinski definition) is 1. The van der Waals surface area contributed by atoms with E-state index < -0.39 is 6.04 Å². The molecule has 2 amide bonds. The van der Waals surface area contributed by atoms with Crippen molar-refractivity contribution in [1.29, 1.82) is 0 Å². The third-order valence-corrected chi connectivity index (χ3v) is 6.07. The molecule has 160 valence electrons. The molecule has 0 spiro atoms.